The molecule has 0 bridgehead atoms. The molecule has 0 saturated carbocycles. The van der Waals surface area contributed by atoms with E-state index in [0.29, 0.717) is 54.4 Å². The zero-order chi connectivity index (χ0) is 44.1. The molecule has 1 heterocycles. The zero-order valence-electron chi connectivity index (χ0n) is 35.9. The van der Waals surface area contributed by atoms with Gasteiger partial charge in [-0.15, -0.1) is 11.8 Å². The van der Waals surface area contributed by atoms with Gasteiger partial charge < -0.3 is 20.7 Å². The van der Waals surface area contributed by atoms with Gasteiger partial charge in [-0.25, -0.2) is 0 Å². The standard InChI is InChI=1S/C49H63ClN4O6S/c1-4-5-6-7-8-9-10-11-12-13-14-15-16-17-18-19-20-21-22-23-44(55)51-34-36-54-45(56)38-43(47(54)58)61-37-35-53-48(59)49(2,3)60-42-30-24-39(25-31-42)32-33-52-46(57)40-26-28-41(50)29-27-40/h5-6,8-9,11-12,14-15,17-18,20-21,24-31,43H,4,7,10,13,16,19,22-23,32-38H2,1-3H3,(H,51,55)(H,52,57)(H,53,59)/b6-5-,9-8-,12-11-,15-14-,18-17-,21-20-. The van der Waals surface area contributed by atoms with Crippen LogP contribution in [0.25, 0.3) is 0 Å². The molecule has 1 aliphatic heterocycles. The molecule has 10 nitrogen and oxygen atoms in total. The van der Waals surface area contributed by atoms with Crippen molar-refractivity contribution in [2.24, 2.45) is 0 Å². The summed E-state index contributed by atoms with van der Waals surface area (Å²) < 4.78 is 5.99. The first-order valence-electron chi connectivity index (χ1n) is 21.2. The Balaban J connectivity index is 1.21. The molecule has 0 spiro atoms. The topological polar surface area (TPSA) is 134 Å². The number of ether oxygens (including phenoxy) is 1. The summed E-state index contributed by atoms with van der Waals surface area (Å²) in [5, 5.41) is 8.61. The summed E-state index contributed by atoms with van der Waals surface area (Å²) in [6, 6.07) is 14.1. The van der Waals surface area contributed by atoms with Gasteiger partial charge in [0.05, 0.1) is 5.25 Å². The summed E-state index contributed by atoms with van der Waals surface area (Å²) in [6.07, 6.45) is 33.0. The van der Waals surface area contributed by atoms with E-state index < -0.39 is 10.9 Å². The maximum Gasteiger partial charge on any atom is 0.263 e. The molecule has 0 aromatic heterocycles. The van der Waals surface area contributed by atoms with Crippen molar-refractivity contribution >= 4 is 52.9 Å². The van der Waals surface area contributed by atoms with Crippen molar-refractivity contribution < 1.29 is 28.7 Å². The number of carbonyl (C=O) groups excluding carboxylic acids is 5. The van der Waals surface area contributed by atoms with E-state index >= 15 is 0 Å². The summed E-state index contributed by atoms with van der Waals surface area (Å²) in [6.45, 7) is 6.58. The minimum atomic E-state index is -1.16. The number of hydrogen-bond acceptors (Lipinski definition) is 7. The highest BCUT2D eigenvalue weighted by Crippen LogP contribution is 2.25. The number of thioether (sulfide) groups is 1. The second-order valence-electron chi connectivity index (χ2n) is 14.8. The van der Waals surface area contributed by atoms with E-state index in [4.69, 9.17) is 16.3 Å². The lowest BCUT2D eigenvalue weighted by molar-refractivity contribution is -0.138. The summed E-state index contributed by atoms with van der Waals surface area (Å²) in [5.41, 5.74) is 0.380. The zero-order valence-corrected chi connectivity index (χ0v) is 37.5. The molecule has 328 valence electrons. The fraction of sp³-hybridized carbons (Fsp3) is 0.408. The van der Waals surface area contributed by atoms with Gasteiger partial charge in [0, 0.05) is 55.4 Å². The predicted molar refractivity (Wildman–Crippen MR) is 250 cm³/mol. The van der Waals surface area contributed by atoms with Crippen LogP contribution in [0.15, 0.2) is 121 Å². The van der Waals surface area contributed by atoms with Gasteiger partial charge in [0.1, 0.15) is 5.75 Å². The SMILES string of the molecule is CC/C=C\C/C=C\C/C=C\C/C=C\C/C=C\C/C=C\CCC(=O)NCCN1C(=O)CC(SCCNC(=O)C(C)(C)Oc2ccc(CCNC(=O)c3ccc(Cl)cc3)cc2)C1=O. The van der Waals surface area contributed by atoms with Gasteiger partial charge >= 0.3 is 0 Å². The summed E-state index contributed by atoms with van der Waals surface area (Å²) >= 11 is 7.22. The average molecular weight is 872 g/mol. The lowest BCUT2D eigenvalue weighted by Crippen LogP contribution is -2.47. The molecular formula is C49H63ClN4O6S. The molecule has 2 aromatic rings. The third-order valence-electron chi connectivity index (χ3n) is 9.35. The van der Waals surface area contributed by atoms with E-state index in [1.165, 1.54) is 16.7 Å². The number of carbonyl (C=O) groups is 5. The lowest BCUT2D eigenvalue weighted by atomic mass is 10.1. The highest BCUT2D eigenvalue weighted by atomic mass is 35.5. The van der Waals surface area contributed by atoms with Gasteiger partial charge in [0.2, 0.25) is 17.7 Å². The Morgan fingerprint density at radius 1 is 0.754 bits per heavy atom. The maximum absolute atomic E-state index is 13.0. The van der Waals surface area contributed by atoms with Crippen molar-refractivity contribution in [2.75, 3.05) is 31.9 Å². The van der Waals surface area contributed by atoms with Gasteiger partial charge in [-0.05, 0) is 107 Å². The fourth-order valence-electron chi connectivity index (χ4n) is 5.93. The van der Waals surface area contributed by atoms with Crippen LogP contribution in [0, 0.1) is 0 Å². The van der Waals surface area contributed by atoms with E-state index in [1.807, 2.05) is 24.3 Å². The first kappa shape index (κ1) is 50.2. The van der Waals surface area contributed by atoms with Crippen LogP contribution in [0.2, 0.25) is 5.02 Å². The van der Waals surface area contributed by atoms with Crippen molar-refractivity contribution in [1.82, 2.24) is 20.9 Å². The van der Waals surface area contributed by atoms with E-state index in [-0.39, 0.29) is 49.0 Å². The molecule has 3 N–H and O–H groups in total. The summed E-state index contributed by atoms with van der Waals surface area (Å²) in [4.78, 5) is 64.3. The number of imide groups is 1. The molecule has 1 fully saturated rings. The van der Waals surface area contributed by atoms with Crippen molar-refractivity contribution in [3.05, 3.63) is 138 Å². The second-order valence-corrected chi connectivity index (χ2v) is 16.5. The third kappa shape index (κ3) is 20.8. The normalized spacial score (nSPS) is 14.8. The van der Waals surface area contributed by atoms with E-state index in [2.05, 4.69) is 83.6 Å². The smallest absolute Gasteiger partial charge is 0.263 e. The largest absolute Gasteiger partial charge is 0.478 e. The van der Waals surface area contributed by atoms with Gasteiger partial charge in [0.25, 0.3) is 11.8 Å². The number of hydrogen-bond donors (Lipinski definition) is 3. The number of amides is 5. The molecule has 1 unspecified atom stereocenters. The lowest BCUT2D eigenvalue weighted by Gasteiger charge is -2.25. The first-order valence-corrected chi connectivity index (χ1v) is 22.6. The van der Waals surface area contributed by atoms with Gasteiger partial charge in [-0.1, -0.05) is 104 Å². The summed E-state index contributed by atoms with van der Waals surface area (Å²) in [5.74, 6) is -0.180. The van der Waals surface area contributed by atoms with Crippen molar-refractivity contribution in [3.63, 3.8) is 0 Å². The van der Waals surface area contributed by atoms with Crippen LogP contribution in [-0.2, 0) is 25.6 Å². The number of likely N-dealkylation sites (tertiary alicyclic amines) is 1. The van der Waals surface area contributed by atoms with E-state index in [0.717, 1.165) is 44.1 Å². The fourth-order valence-corrected chi connectivity index (χ4v) is 7.10. The Hall–Kier alpha value is -5.13. The third-order valence-corrected chi connectivity index (χ3v) is 10.8. The molecule has 1 atom stereocenters. The molecule has 0 radical (unpaired) electrons. The highest BCUT2D eigenvalue weighted by molar-refractivity contribution is 8.00. The maximum atomic E-state index is 13.0. The minimum absolute atomic E-state index is 0.0907. The van der Waals surface area contributed by atoms with Crippen LogP contribution in [-0.4, -0.2) is 77.2 Å². The Kier molecular flexibility index (Phi) is 24.0. The molecule has 1 saturated heterocycles. The van der Waals surface area contributed by atoms with E-state index in [1.54, 1.807) is 50.2 Å². The molecule has 3 rings (SSSR count). The number of benzene rings is 2. The van der Waals surface area contributed by atoms with E-state index in [9.17, 15) is 24.0 Å². The number of rotatable bonds is 28. The average Bonchev–Trinajstić information content (AvgIpc) is 3.51. The molecule has 5 amide bonds. The van der Waals surface area contributed by atoms with Crippen LogP contribution in [0.5, 0.6) is 5.75 Å². The minimum Gasteiger partial charge on any atom is -0.478 e. The molecule has 61 heavy (non-hydrogen) atoms. The quantitative estimate of drug-likeness (QED) is 0.0442. The van der Waals surface area contributed by atoms with Gasteiger partial charge in [0.15, 0.2) is 5.60 Å². The predicted octanol–water partition coefficient (Wildman–Crippen LogP) is 9.04. The highest BCUT2D eigenvalue weighted by Gasteiger charge is 2.38. The number of allylic oxidation sites excluding steroid dienone is 12. The van der Waals surface area contributed by atoms with Crippen LogP contribution in [0.1, 0.15) is 94.5 Å². The van der Waals surface area contributed by atoms with Crippen molar-refractivity contribution in [3.8, 4) is 5.75 Å². The first-order chi connectivity index (χ1) is 29.5. The summed E-state index contributed by atoms with van der Waals surface area (Å²) in [7, 11) is 0. The van der Waals surface area contributed by atoms with Crippen LogP contribution in [0.4, 0.5) is 0 Å². The monoisotopic (exact) mass is 870 g/mol. The molecule has 1 aliphatic rings. The van der Waals surface area contributed by atoms with Crippen LogP contribution < -0.4 is 20.7 Å². The van der Waals surface area contributed by atoms with Crippen LogP contribution >= 0.6 is 23.4 Å². The van der Waals surface area contributed by atoms with Crippen molar-refractivity contribution in [1.29, 1.82) is 0 Å². The molecule has 2 aromatic carbocycles. The second kappa shape index (κ2) is 29.2. The number of nitrogens with zero attached hydrogens (tertiary/aromatic N) is 1. The van der Waals surface area contributed by atoms with Crippen LogP contribution in [0.3, 0.4) is 0 Å². The van der Waals surface area contributed by atoms with Gasteiger partial charge in [-0.2, -0.15) is 0 Å². The van der Waals surface area contributed by atoms with Crippen molar-refractivity contribution in [2.45, 2.75) is 95.8 Å². The Labute approximate surface area is 372 Å². The van der Waals surface area contributed by atoms with Gasteiger partial charge in [-0.3, -0.25) is 28.9 Å². The molecule has 0 aliphatic carbocycles. The Bertz CT molecular complexity index is 1870. The molecule has 12 heteroatoms. The number of nitrogens with one attached hydrogen (secondary N) is 3. The number of halogens is 1. The molecular weight excluding hydrogens is 808 g/mol. The Morgan fingerprint density at radius 3 is 1.92 bits per heavy atom. The Morgan fingerprint density at radius 2 is 1.33 bits per heavy atom.